The van der Waals surface area contributed by atoms with Crippen LogP contribution in [0.4, 0.5) is 0 Å². The van der Waals surface area contributed by atoms with Crippen molar-refractivity contribution in [3.05, 3.63) is 0 Å². The number of hydrogen-bond acceptors (Lipinski definition) is 3. The minimum absolute atomic E-state index is 0.133. The van der Waals surface area contributed by atoms with Crippen molar-refractivity contribution in [2.45, 2.75) is 19.3 Å². The smallest absolute Gasteiger partial charge is 0.229 e. The molecule has 3 nitrogen and oxygen atoms in total. The summed E-state index contributed by atoms with van der Waals surface area (Å²) in [5, 5.41) is 2.63. The number of carbonyl (C=O) groups is 1. The van der Waals surface area contributed by atoms with Crippen LogP contribution in [0.3, 0.4) is 0 Å². The molecule has 1 rings (SSSR count). The van der Waals surface area contributed by atoms with E-state index < -0.39 is 0 Å². The average Bonchev–Trinajstić information content (AvgIpc) is 2.25. The van der Waals surface area contributed by atoms with E-state index in [0.717, 1.165) is 12.3 Å². The molecule has 82 valence electrons. The van der Waals surface area contributed by atoms with Gasteiger partial charge in [0.25, 0.3) is 0 Å². The number of hydrogen-bond donors (Lipinski definition) is 1. The van der Waals surface area contributed by atoms with Crippen LogP contribution in [-0.4, -0.2) is 49.0 Å². The fourth-order valence-electron chi connectivity index (χ4n) is 1.61. The Morgan fingerprint density at radius 2 is 2.07 bits per heavy atom. The summed E-state index contributed by atoms with van der Waals surface area (Å²) in [6.45, 7) is 3.64. The molecule has 0 aromatic heterocycles. The molecule has 14 heavy (non-hydrogen) atoms. The first-order valence-corrected chi connectivity index (χ1v) is 6.49. The highest BCUT2D eigenvalue weighted by molar-refractivity contribution is 7.99. The van der Waals surface area contributed by atoms with Gasteiger partial charge in [0.1, 0.15) is 0 Å². The van der Waals surface area contributed by atoms with Crippen LogP contribution in [0.2, 0.25) is 0 Å². The Kier molecular flexibility index (Phi) is 6.03. The molecule has 1 aliphatic rings. The number of amides is 1. The maximum atomic E-state index is 10.9. The third-order valence-corrected chi connectivity index (χ3v) is 3.45. The van der Waals surface area contributed by atoms with Crippen molar-refractivity contribution in [3.8, 4) is 0 Å². The minimum Gasteiger partial charge on any atom is -0.358 e. The maximum absolute atomic E-state index is 10.9. The van der Waals surface area contributed by atoms with Crippen molar-refractivity contribution in [2.75, 3.05) is 38.2 Å². The fraction of sp³-hybridized carbons (Fsp3) is 0.900. The predicted octanol–water partition coefficient (Wildman–Crippen LogP) is 0.951. The molecule has 1 fully saturated rings. The lowest BCUT2D eigenvalue weighted by atomic mass is 10.1. The molecule has 4 heteroatoms. The highest BCUT2D eigenvalue weighted by Gasteiger charge is 2.09. The van der Waals surface area contributed by atoms with E-state index in [1.54, 1.807) is 18.8 Å². The largest absolute Gasteiger partial charge is 0.358 e. The third kappa shape index (κ3) is 4.86. The lowest BCUT2D eigenvalue weighted by Gasteiger charge is -2.25. The van der Waals surface area contributed by atoms with E-state index in [1.165, 1.54) is 32.4 Å². The number of nitrogens with one attached hydrogen (secondary N) is 1. The molecule has 0 aliphatic carbocycles. The third-order valence-electron chi connectivity index (χ3n) is 2.51. The van der Waals surface area contributed by atoms with Gasteiger partial charge < -0.3 is 10.2 Å². The van der Waals surface area contributed by atoms with E-state index in [9.17, 15) is 4.79 Å². The van der Waals surface area contributed by atoms with Gasteiger partial charge in [0, 0.05) is 19.3 Å². The summed E-state index contributed by atoms with van der Waals surface area (Å²) >= 11 is 1.73. The molecule has 0 spiro atoms. The Labute approximate surface area is 90.6 Å². The van der Waals surface area contributed by atoms with Gasteiger partial charge in [-0.25, -0.2) is 0 Å². The number of piperidine rings is 1. The summed E-state index contributed by atoms with van der Waals surface area (Å²) in [5.74, 6) is 1.81. The van der Waals surface area contributed by atoms with Gasteiger partial charge in [-0.2, -0.15) is 11.8 Å². The van der Waals surface area contributed by atoms with Crippen LogP contribution >= 0.6 is 11.8 Å². The second-order valence-electron chi connectivity index (χ2n) is 3.63. The van der Waals surface area contributed by atoms with Gasteiger partial charge in [-0.05, 0) is 25.9 Å². The Morgan fingerprint density at radius 3 is 2.71 bits per heavy atom. The van der Waals surface area contributed by atoms with E-state index in [0.29, 0.717) is 5.75 Å². The van der Waals surface area contributed by atoms with Crippen LogP contribution in [0, 0.1) is 0 Å². The summed E-state index contributed by atoms with van der Waals surface area (Å²) in [6, 6.07) is 0. The number of nitrogens with zero attached hydrogens (tertiary/aromatic N) is 1. The van der Waals surface area contributed by atoms with Crippen molar-refractivity contribution in [1.29, 1.82) is 0 Å². The number of carbonyl (C=O) groups excluding carboxylic acids is 1. The molecule has 0 unspecified atom stereocenters. The average molecular weight is 216 g/mol. The number of likely N-dealkylation sites (tertiary alicyclic amines) is 1. The lowest BCUT2D eigenvalue weighted by molar-refractivity contribution is -0.118. The second kappa shape index (κ2) is 7.12. The Morgan fingerprint density at radius 1 is 1.36 bits per heavy atom. The van der Waals surface area contributed by atoms with Gasteiger partial charge >= 0.3 is 0 Å². The van der Waals surface area contributed by atoms with Crippen molar-refractivity contribution in [3.63, 3.8) is 0 Å². The van der Waals surface area contributed by atoms with E-state index in [4.69, 9.17) is 0 Å². The molecule has 0 aromatic carbocycles. The van der Waals surface area contributed by atoms with Gasteiger partial charge in [-0.15, -0.1) is 0 Å². The first-order valence-electron chi connectivity index (χ1n) is 5.33. The number of rotatable bonds is 5. The van der Waals surface area contributed by atoms with Gasteiger partial charge in [0.05, 0.1) is 5.75 Å². The summed E-state index contributed by atoms with van der Waals surface area (Å²) < 4.78 is 0. The van der Waals surface area contributed by atoms with Crippen LogP contribution < -0.4 is 5.32 Å². The standard InChI is InChI=1S/C10H20N2OS/c1-11-10(13)9-14-8-7-12-5-3-2-4-6-12/h2-9H2,1H3,(H,11,13). The van der Waals surface area contributed by atoms with Crippen LogP contribution in [0.1, 0.15) is 19.3 Å². The first kappa shape index (κ1) is 11.9. The molecule has 1 heterocycles. The molecule has 1 amide bonds. The van der Waals surface area contributed by atoms with Gasteiger partial charge in [-0.1, -0.05) is 6.42 Å². The highest BCUT2D eigenvalue weighted by atomic mass is 32.2. The Balaban J connectivity index is 1.94. The van der Waals surface area contributed by atoms with Crippen LogP contribution in [0.25, 0.3) is 0 Å². The van der Waals surface area contributed by atoms with E-state index in [-0.39, 0.29) is 5.91 Å². The van der Waals surface area contributed by atoms with E-state index >= 15 is 0 Å². The highest BCUT2D eigenvalue weighted by Crippen LogP contribution is 2.09. The first-order chi connectivity index (χ1) is 6.83. The van der Waals surface area contributed by atoms with E-state index in [1.807, 2.05) is 0 Å². The summed E-state index contributed by atoms with van der Waals surface area (Å²) in [4.78, 5) is 13.4. The molecule has 0 aromatic rings. The lowest BCUT2D eigenvalue weighted by Crippen LogP contribution is -2.32. The van der Waals surface area contributed by atoms with Crippen molar-refractivity contribution in [1.82, 2.24) is 10.2 Å². The normalized spacial score (nSPS) is 18.1. The molecule has 1 saturated heterocycles. The van der Waals surface area contributed by atoms with Crippen molar-refractivity contribution < 1.29 is 4.79 Å². The molecule has 1 N–H and O–H groups in total. The zero-order valence-corrected chi connectivity index (χ0v) is 9.74. The van der Waals surface area contributed by atoms with Crippen LogP contribution in [0.5, 0.6) is 0 Å². The second-order valence-corrected chi connectivity index (χ2v) is 4.73. The number of thioether (sulfide) groups is 1. The molecule has 0 atom stereocenters. The van der Waals surface area contributed by atoms with Gasteiger partial charge in [-0.3, -0.25) is 4.79 Å². The molecular formula is C10H20N2OS. The molecule has 0 saturated carbocycles. The van der Waals surface area contributed by atoms with Crippen molar-refractivity contribution >= 4 is 17.7 Å². The van der Waals surface area contributed by atoms with E-state index in [2.05, 4.69) is 10.2 Å². The topological polar surface area (TPSA) is 32.3 Å². The van der Waals surface area contributed by atoms with Crippen LogP contribution in [-0.2, 0) is 4.79 Å². The quantitative estimate of drug-likeness (QED) is 0.695. The van der Waals surface area contributed by atoms with Crippen LogP contribution in [0.15, 0.2) is 0 Å². The van der Waals surface area contributed by atoms with Gasteiger partial charge in [0.15, 0.2) is 0 Å². The Bertz CT molecular complexity index is 170. The minimum atomic E-state index is 0.133. The monoisotopic (exact) mass is 216 g/mol. The molecular weight excluding hydrogens is 196 g/mol. The van der Waals surface area contributed by atoms with Crippen molar-refractivity contribution in [2.24, 2.45) is 0 Å². The summed E-state index contributed by atoms with van der Waals surface area (Å²) in [6.07, 6.45) is 4.09. The fourth-order valence-corrected chi connectivity index (χ4v) is 2.48. The Hall–Kier alpha value is -0.220. The molecule has 0 radical (unpaired) electrons. The molecule has 0 bridgehead atoms. The molecule has 1 aliphatic heterocycles. The summed E-state index contributed by atoms with van der Waals surface area (Å²) in [7, 11) is 1.69. The van der Waals surface area contributed by atoms with Gasteiger partial charge in [0.2, 0.25) is 5.91 Å². The predicted molar refractivity (Wildman–Crippen MR) is 61.7 cm³/mol. The summed E-state index contributed by atoms with van der Waals surface area (Å²) in [5.41, 5.74) is 0. The zero-order valence-electron chi connectivity index (χ0n) is 8.92. The maximum Gasteiger partial charge on any atom is 0.229 e. The zero-order chi connectivity index (χ0) is 10.2. The SMILES string of the molecule is CNC(=O)CSCCN1CCCCC1.